The molecule has 116 valence electrons. The van der Waals surface area contributed by atoms with Crippen molar-refractivity contribution in [2.45, 2.75) is 13.0 Å². The summed E-state index contributed by atoms with van der Waals surface area (Å²) in [5, 5.41) is 1.69. The molecule has 0 radical (unpaired) electrons. The molecule has 0 saturated heterocycles. The monoisotopic (exact) mass is 323 g/mol. The van der Waals surface area contributed by atoms with Gasteiger partial charge in [-0.05, 0) is 35.3 Å². The van der Waals surface area contributed by atoms with E-state index in [0.717, 1.165) is 37.1 Å². The van der Waals surface area contributed by atoms with Crippen molar-refractivity contribution in [3.63, 3.8) is 0 Å². The lowest BCUT2D eigenvalue weighted by Crippen LogP contribution is -2.27. The van der Waals surface area contributed by atoms with Gasteiger partial charge in [-0.2, -0.15) is 0 Å². The molecule has 0 saturated carbocycles. The number of aromatic nitrogens is 2. The second-order valence-corrected chi connectivity index (χ2v) is 6.31. The van der Waals surface area contributed by atoms with Crippen molar-refractivity contribution >= 4 is 28.2 Å². The summed E-state index contributed by atoms with van der Waals surface area (Å²) in [5.74, 6) is 0. The van der Waals surface area contributed by atoms with Gasteiger partial charge in [-0.25, -0.2) is 4.98 Å². The van der Waals surface area contributed by atoms with E-state index in [1.165, 1.54) is 16.7 Å². The van der Waals surface area contributed by atoms with Gasteiger partial charge in [0.2, 0.25) is 0 Å². The van der Waals surface area contributed by atoms with Crippen molar-refractivity contribution in [3.8, 4) is 0 Å². The van der Waals surface area contributed by atoms with E-state index in [9.17, 15) is 0 Å². The van der Waals surface area contributed by atoms with Gasteiger partial charge < -0.3 is 4.98 Å². The first-order valence-electron chi connectivity index (χ1n) is 7.89. The first-order chi connectivity index (χ1) is 11.3. The zero-order chi connectivity index (χ0) is 15.6. The van der Waals surface area contributed by atoms with Crippen LogP contribution < -0.4 is 0 Å². The predicted octanol–water partition coefficient (Wildman–Crippen LogP) is 4.51. The normalized spacial score (nSPS) is 15.8. The molecule has 0 atom stereocenters. The number of hydrogen-bond donors (Lipinski definition) is 1. The van der Waals surface area contributed by atoms with Gasteiger partial charge in [-0.15, -0.1) is 0 Å². The Morgan fingerprint density at radius 2 is 2.00 bits per heavy atom. The van der Waals surface area contributed by atoms with E-state index < -0.39 is 0 Å². The van der Waals surface area contributed by atoms with Gasteiger partial charge in [0.05, 0.1) is 0 Å². The third kappa shape index (κ3) is 3.03. The lowest BCUT2D eigenvalue weighted by atomic mass is 9.99. The lowest BCUT2D eigenvalue weighted by molar-refractivity contribution is 0.295. The average Bonchev–Trinajstić information content (AvgIpc) is 2.98. The van der Waals surface area contributed by atoms with Gasteiger partial charge in [0, 0.05) is 31.2 Å². The van der Waals surface area contributed by atoms with Gasteiger partial charge in [-0.3, -0.25) is 4.90 Å². The number of rotatable bonds is 3. The predicted molar refractivity (Wildman–Crippen MR) is 95.4 cm³/mol. The lowest BCUT2D eigenvalue weighted by Gasteiger charge is -2.26. The molecule has 0 spiro atoms. The van der Waals surface area contributed by atoms with Crippen molar-refractivity contribution in [2.24, 2.45) is 0 Å². The molecule has 3 aromatic rings. The Balaban J connectivity index is 1.49. The summed E-state index contributed by atoms with van der Waals surface area (Å²) in [5.41, 5.74) is 4.94. The summed E-state index contributed by atoms with van der Waals surface area (Å²) >= 11 is 5.94. The van der Waals surface area contributed by atoms with Crippen molar-refractivity contribution in [1.29, 1.82) is 0 Å². The SMILES string of the molecule is Clc1ccc2c(CN3CC=C(c4ccccc4)CC3)c[nH]c2n1. The van der Waals surface area contributed by atoms with Crippen LogP contribution >= 0.6 is 11.6 Å². The smallest absolute Gasteiger partial charge is 0.139 e. The van der Waals surface area contributed by atoms with Crippen LogP contribution in [-0.4, -0.2) is 28.0 Å². The van der Waals surface area contributed by atoms with Crippen LogP contribution in [-0.2, 0) is 6.54 Å². The molecule has 3 heterocycles. The number of halogens is 1. The van der Waals surface area contributed by atoms with Gasteiger partial charge >= 0.3 is 0 Å². The van der Waals surface area contributed by atoms with Crippen LogP contribution in [0.15, 0.2) is 54.7 Å². The van der Waals surface area contributed by atoms with E-state index in [0.29, 0.717) is 5.15 Å². The molecule has 1 N–H and O–H groups in total. The minimum absolute atomic E-state index is 0.527. The summed E-state index contributed by atoms with van der Waals surface area (Å²) in [4.78, 5) is 10.00. The number of aromatic amines is 1. The minimum Gasteiger partial charge on any atom is -0.346 e. The van der Waals surface area contributed by atoms with Crippen LogP contribution in [0.25, 0.3) is 16.6 Å². The maximum absolute atomic E-state index is 5.94. The molecular formula is C19H18ClN3. The van der Waals surface area contributed by atoms with Gasteiger partial charge in [-0.1, -0.05) is 48.0 Å². The number of H-pyrrole nitrogens is 1. The maximum Gasteiger partial charge on any atom is 0.139 e. The molecule has 0 bridgehead atoms. The topological polar surface area (TPSA) is 31.9 Å². The van der Waals surface area contributed by atoms with Crippen LogP contribution in [0.2, 0.25) is 5.15 Å². The Morgan fingerprint density at radius 3 is 2.78 bits per heavy atom. The molecule has 0 unspecified atom stereocenters. The van der Waals surface area contributed by atoms with Gasteiger partial charge in [0.25, 0.3) is 0 Å². The highest BCUT2D eigenvalue weighted by molar-refractivity contribution is 6.29. The number of hydrogen-bond acceptors (Lipinski definition) is 2. The molecule has 2 aromatic heterocycles. The Hall–Kier alpha value is -2.10. The van der Waals surface area contributed by atoms with Gasteiger partial charge in [0.15, 0.2) is 0 Å². The van der Waals surface area contributed by atoms with Crippen molar-refractivity contribution in [3.05, 3.63) is 71.0 Å². The summed E-state index contributed by atoms with van der Waals surface area (Å²) in [7, 11) is 0. The molecular weight excluding hydrogens is 306 g/mol. The highest BCUT2D eigenvalue weighted by Gasteiger charge is 2.15. The first-order valence-corrected chi connectivity index (χ1v) is 8.27. The van der Waals surface area contributed by atoms with Crippen LogP contribution in [0, 0.1) is 0 Å². The Morgan fingerprint density at radius 1 is 1.13 bits per heavy atom. The second-order valence-electron chi connectivity index (χ2n) is 5.92. The fourth-order valence-corrected chi connectivity index (χ4v) is 3.33. The molecule has 1 aromatic carbocycles. The number of nitrogens with zero attached hydrogens (tertiary/aromatic N) is 2. The van der Waals surface area contributed by atoms with E-state index >= 15 is 0 Å². The average molecular weight is 324 g/mol. The molecule has 1 aliphatic rings. The number of nitrogens with one attached hydrogen (secondary N) is 1. The standard InChI is InChI=1S/C19H18ClN3/c20-18-7-6-17-16(12-21-19(17)22-18)13-23-10-8-15(9-11-23)14-4-2-1-3-5-14/h1-8,12H,9-11,13H2,(H,21,22). The number of pyridine rings is 1. The van der Waals surface area contributed by atoms with Crippen LogP contribution in [0.5, 0.6) is 0 Å². The summed E-state index contributed by atoms with van der Waals surface area (Å²) in [6.45, 7) is 2.99. The fraction of sp³-hybridized carbons (Fsp3) is 0.211. The summed E-state index contributed by atoms with van der Waals surface area (Å²) in [6.07, 6.45) is 5.49. The van der Waals surface area contributed by atoms with E-state index in [1.807, 2.05) is 18.3 Å². The highest BCUT2D eigenvalue weighted by Crippen LogP contribution is 2.25. The molecule has 3 nitrogen and oxygen atoms in total. The number of fused-ring (bicyclic) bond motifs is 1. The van der Waals surface area contributed by atoms with E-state index in [2.05, 4.69) is 51.3 Å². The maximum atomic E-state index is 5.94. The van der Waals surface area contributed by atoms with E-state index in [4.69, 9.17) is 11.6 Å². The highest BCUT2D eigenvalue weighted by atomic mass is 35.5. The molecule has 0 amide bonds. The van der Waals surface area contributed by atoms with Crippen molar-refractivity contribution in [2.75, 3.05) is 13.1 Å². The summed E-state index contributed by atoms with van der Waals surface area (Å²) in [6, 6.07) is 14.6. The Kier molecular flexibility index (Phi) is 3.90. The third-order valence-corrected chi connectivity index (χ3v) is 4.63. The van der Waals surface area contributed by atoms with E-state index in [1.54, 1.807) is 0 Å². The number of benzene rings is 1. The van der Waals surface area contributed by atoms with Crippen molar-refractivity contribution < 1.29 is 0 Å². The zero-order valence-electron chi connectivity index (χ0n) is 12.8. The molecule has 1 aliphatic heterocycles. The van der Waals surface area contributed by atoms with Crippen LogP contribution in [0.1, 0.15) is 17.5 Å². The quantitative estimate of drug-likeness (QED) is 0.719. The molecule has 4 rings (SSSR count). The second kappa shape index (κ2) is 6.19. The van der Waals surface area contributed by atoms with Gasteiger partial charge in [0.1, 0.15) is 10.8 Å². The Labute approximate surface area is 140 Å². The van der Waals surface area contributed by atoms with Crippen molar-refractivity contribution in [1.82, 2.24) is 14.9 Å². The zero-order valence-corrected chi connectivity index (χ0v) is 13.6. The Bertz CT molecular complexity index is 851. The largest absolute Gasteiger partial charge is 0.346 e. The molecule has 4 heteroatoms. The molecule has 23 heavy (non-hydrogen) atoms. The minimum atomic E-state index is 0.527. The first kappa shape index (κ1) is 14.5. The molecule has 0 fully saturated rings. The molecule has 0 aliphatic carbocycles. The van der Waals surface area contributed by atoms with E-state index in [-0.39, 0.29) is 0 Å². The fourth-order valence-electron chi connectivity index (χ4n) is 3.18. The van der Waals surface area contributed by atoms with Crippen LogP contribution in [0.4, 0.5) is 0 Å². The summed E-state index contributed by atoms with van der Waals surface area (Å²) < 4.78 is 0. The van der Waals surface area contributed by atoms with Crippen LogP contribution in [0.3, 0.4) is 0 Å². The third-order valence-electron chi connectivity index (χ3n) is 4.42.